The van der Waals surface area contributed by atoms with Gasteiger partial charge in [0.2, 0.25) is 5.91 Å². The number of carboxylic acid groups (broad SMARTS) is 1. The van der Waals surface area contributed by atoms with Crippen molar-refractivity contribution in [2.45, 2.75) is 77.8 Å². The van der Waals surface area contributed by atoms with Crippen LogP contribution in [0, 0.1) is 11.8 Å². The number of aliphatic carboxylic acids is 1. The predicted octanol–water partition coefficient (Wildman–Crippen LogP) is 2.91. The van der Waals surface area contributed by atoms with E-state index in [9.17, 15) is 19.9 Å². The van der Waals surface area contributed by atoms with Crippen molar-refractivity contribution in [3.8, 4) is 0 Å². The molecule has 1 unspecified atom stereocenters. The highest BCUT2D eigenvalue weighted by atomic mass is 16.5. The van der Waals surface area contributed by atoms with Crippen molar-refractivity contribution < 1.29 is 25.0 Å². The second-order valence-electron chi connectivity index (χ2n) is 9.31. The molecular formula is C21H38N2O5. The molecule has 0 bridgehead atoms. The third-order valence-corrected chi connectivity index (χ3v) is 5.65. The Morgan fingerprint density at radius 1 is 1.18 bits per heavy atom. The highest BCUT2D eigenvalue weighted by Gasteiger charge is 2.45. The Morgan fingerprint density at radius 3 is 2.21 bits per heavy atom. The molecule has 1 saturated heterocycles. The van der Waals surface area contributed by atoms with Crippen molar-refractivity contribution in [2.24, 2.45) is 11.8 Å². The first kappa shape index (κ1) is 24.6. The Balaban J connectivity index is 2.56. The number of rotatable bonds is 10. The third-order valence-electron chi connectivity index (χ3n) is 5.65. The Morgan fingerprint density at radius 2 is 1.75 bits per heavy atom. The molecule has 1 rings (SSSR count). The second kappa shape index (κ2) is 10.4. The monoisotopic (exact) mass is 398 g/mol. The molecule has 0 aromatic carbocycles. The van der Waals surface area contributed by atoms with Gasteiger partial charge < -0.3 is 20.3 Å². The van der Waals surface area contributed by atoms with Crippen LogP contribution in [-0.4, -0.2) is 68.0 Å². The number of hydrogen-bond acceptors (Lipinski definition) is 5. The molecule has 1 aliphatic rings. The van der Waals surface area contributed by atoms with Gasteiger partial charge in [0.25, 0.3) is 0 Å². The molecule has 1 atom stereocenters. The number of carbonyl (C=O) groups excluding carboxylic acids is 1. The average molecular weight is 399 g/mol. The van der Waals surface area contributed by atoms with Gasteiger partial charge in [-0.15, -0.1) is 0 Å². The number of hydrogen-bond donors (Lipinski definition) is 3. The van der Waals surface area contributed by atoms with E-state index in [-0.39, 0.29) is 29.5 Å². The van der Waals surface area contributed by atoms with E-state index in [1.807, 2.05) is 32.6 Å². The molecule has 1 aliphatic heterocycles. The van der Waals surface area contributed by atoms with Crippen molar-refractivity contribution >= 4 is 11.9 Å². The molecule has 7 nitrogen and oxygen atoms in total. The number of piperidine rings is 1. The van der Waals surface area contributed by atoms with Crippen LogP contribution < -0.4 is 0 Å². The van der Waals surface area contributed by atoms with Gasteiger partial charge in [0, 0.05) is 49.7 Å². The maximum absolute atomic E-state index is 12.1. The van der Waals surface area contributed by atoms with Crippen molar-refractivity contribution in [2.75, 3.05) is 19.7 Å². The highest BCUT2D eigenvalue weighted by Crippen LogP contribution is 2.40. The molecule has 0 aliphatic carbocycles. The van der Waals surface area contributed by atoms with Gasteiger partial charge in [-0.05, 0) is 59.3 Å². The normalized spacial score (nSPS) is 21.0. The molecule has 162 valence electrons. The largest absolute Gasteiger partial charge is 0.478 e. The number of nitrogens with zero attached hydrogens (tertiary/aromatic N) is 2. The van der Waals surface area contributed by atoms with E-state index in [4.69, 9.17) is 5.11 Å². The van der Waals surface area contributed by atoms with E-state index in [2.05, 4.69) is 0 Å². The van der Waals surface area contributed by atoms with Crippen LogP contribution in [-0.2, 0) is 9.59 Å². The number of aliphatic hydroxyl groups excluding tert-OH is 1. The first-order chi connectivity index (χ1) is 12.9. The number of carboxylic acids is 1. The van der Waals surface area contributed by atoms with Crippen molar-refractivity contribution in [1.82, 2.24) is 9.96 Å². The fourth-order valence-corrected chi connectivity index (χ4v) is 4.47. The summed E-state index contributed by atoms with van der Waals surface area (Å²) in [4.78, 5) is 24.6. The number of hydroxylamine groups is 2. The molecule has 7 heteroatoms. The van der Waals surface area contributed by atoms with Gasteiger partial charge in [-0.2, -0.15) is 5.06 Å². The topological polar surface area (TPSA) is 101 Å². The second-order valence-corrected chi connectivity index (χ2v) is 9.31. The van der Waals surface area contributed by atoms with E-state index in [1.54, 1.807) is 6.92 Å². The van der Waals surface area contributed by atoms with Crippen LogP contribution in [0.2, 0.25) is 0 Å². The van der Waals surface area contributed by atoms with Crippen LogP contribution in [0.5, 0.6) is 0 Å². The first-order valence-corrected chi connectivity index (χ1v) is 10.2. The summed E-state index contributed by atoms with van der Waals surface area (Å²) >= 11 is 0. The van der Waals surface area contributed by atoms with E-state index in [1.165, 1.54) is 11.1 Å². The molecule has 28 heavy (non-hydrogen) atoms. The summed E-state index contributed by atoms with van der Waals surface area (Å²) in [6.45, 7) is 10.9. The molecule has 1 heterocycles. The Kier molecular flexibility index (Phi) is 9.11. The van der Waals surface area contributed by atoms with Gasteiger partial charge in [-0.1, -0.05) is 12.5 Å². The molecule has 3 N–H and O–H groups in total. The zero-order chi connectivity index (χ0) is 21.5. The zero-order valence-corrected chi connectivity index (χ0v) is 18.0. The summed E-state index contributed by atoms with van der Waals surface area (Å²) in [7, 11) is 0. The maximum atomic E-state index is 12.1. The van der Waals surface area contributed by atoms with Crippen LogP contribution >= 0.6 is 0 Å². The summed E-state index contributed by atoms with van der Waals surface area (Å²) in [6, 6.07) is 0. The van der Waals surface area contributed by atoms with Crippen molar-refractivity contribution in [3.63, 3.8) is 0 Å². The van der Waals surface area contributed by atoms with Gasteiger partial charge in [-0.25, -0.2) is 4.79 Å². The first-order valence-electron chi connectivity index (χ1n) is 10.2. The summed E-state index contributed by atoms with van der Waals surface area (Å²) in [5.74, 6) is -0.814. The van der Waals surface area contributed by atoms with Gasteiger partial charge in [-0.3, -0.25) is 4.79 Å². The van der Waals surface area contributed by atoms with Crippen LogP contribution in [0.4, 0.5) is 0 Å². The van der Waals surface area contributed by atoms with Crippen LogP contribution in [0.15, 0.2) is 12.2 Å². The Bertz CT molecular complexity index is 541. The fraction of sp³-hybridized carbons (Fsp3) is 0.810. The minimum absolute atomic E-state index is 0.0477. The quantitative estimate of drug-likeness (QED) is 0.386. The number of carbonyl (C=O) groups is 2. The van der Waals surface area contributed by atoms with Crippen LogP contribution in [0.1, 0.15) is 66.7 Å². The lowest BCUT2D eigenvalue weighted by Gasteiger charge is -2.52. The molecule has 0 saturated carbocycles. The lowest BCUT2D eigenvalue weighted by Crippen LogP contribution is -2.60. The SMILES string of the molecule is CC(=O)N(CCCCC(C=CC(=O)O)CO)CC1CC(C)(C)N(O)C(C)(C)C1. The van der Waals surface area contributed by atoms with Gasteiger partial charge in [0.15, 0.2) is 0 Å². The van der Waals surface area contributed by atoms with Crippen molar-refractivity contribution in [1.29, 1.82) is 0 Å². The van der Waals surface area contributed by atoms with Gasteiger partial charge in [0.1, 0.15) is 0 Å². The van der Waals surface area contributed by atoms with Crippen LogP contribution in [0.3, 0.4) is 0 Å². The van der Waals surface area contributed by atoms with E-state index < -0.39 is 5.97 Å². The average Bonchev–Trinajstić information content (AvgIpc) is 2.57. The molecule has 0 spiro atoms. The van der Waals surface area contributed by atoms with Crippen molar-refractivity contribution in [3.05, 3.63) is 12.2 Å². The number of aliphatic hydroxyl groups is 1. The summed E-state index contributed by atoms with van der Waals surface area (Å²) in [5, 5.41) is 29.9. The zero-order valence-electron chi connectivity index (χ0n) is 18.0. The fourth-order valence-electron chi connectivity index (χ4n) is 4.47. The Labute approximate surface area is 169 Å². The minimum atomic E-state index is -1.01. The Hall–Kier alpha value is -1.44. The lowest BCUT2D eigenvalue weighted by atomic mass is 9.75. The predicted molar refractivity (Wildman–Crippen MR) is 108 cm³/mol. The smallest absolute Gasteiger partial charge is 0.327 e. The van der Waals surface area contributed by atoms with E-state index in [0.29, 0.717) is 25.4 Å². The molecule has 0 aromatic rings. The number of unbranched alkanes of at least 4 members (excludes halogenated alkanes) is 1. The van der Waals surface area contributed by atoms with E-state index >= 15 is 0 Å². The summed E-state index contributed by atoms with van der Waals surface area (Å²) in [6.07, 6.45) is 6.55. The van der Waals surface area contributed by atoms with Gasteiger partial charge >= 0.3 is 5.97 Å². The molecule has 0 aromatic heterocycles. The standard InChI is InChI=1S/C21H38N2O5/c1-16(25)22(11-7-6-8-17(15-24)9-10-19(26)27)14-18-12-20(2,3)23(28)21(4,5)13-18/h9-10,17-18,24,28H,6-8,11-15H2,1-5H3,(H,26,27). The van der Waals surface area contributed by atoms with Gasteiger partial charge in [0.05, 0.1) is 0 Å². The molecule has 1 fully saturated rings. The molecular weight excluding hydrogens is 360 g/mol. The van der Waals surface area contributed by atoms with E-state index in [0.717, 1.165) is 31.8 Å². The summed E-state index contributed by atoms with van der Waals surface area (Å²) < 4.78 is 0. The summed E-state index contributed by atoms with van der Waals surface area (Å²) in [5.41, 5.74) is -0.667. The molecule has 0 radical (unpaired) electrons. The lowest BCUT2D eigenvalue weighted by molar-refractivity contribution is -0.251. The molecule has 1 amide bonds. The minimum Gasteiger partial charge on any atom is -0.478 e. The van der Waals surface area contributed by atoms with Crippen LogP contribution in [0.25, 0.3) is 0 Å². The number of amides is 1. The highest BCUT2D eigenvalue weighted by molar-refractivity contribution is 5.79. The maximum Gasteiger partial charge on any atom is 0.327 e. The third kappa shape index (κ3) is 7.53.